The second-order valence-corrected chi connectivity index (χ2v) is 9.59. The van der Waals surface area contributed by atoms with Crippen LogP contribution < -0.4 is 10.6 Å². The monoisotopic (exact) mass is 448 g/mol. The lowest BCUT2D eigenvalue weighted by Gasteiger charge is -2.24. The van der Waals surface area contributed by atoms with Gasteiger partial charge in [-0.05, 0) is 61.4 Å². The van der Waals surface area contributed by atoms with Crippen molar-refractivity contribution in [2.75, 3.05) is 10.6 Å². The molecular weight excluding hydrogens is 428 g/mol. The van der Waals surface area contributed by atoms with E-state index in [2.05, 4.69) is 10.6 Å². The van der Waals surface area contributed by atoms with Gasteiger partial charge in [0.05, 0.1) is 10.6 Å². The van der Waals surface area contributed by atoms with Crippen LogP contribution in [0.1, 0.15) is 31.8 Å². The van der Waals surface area contributed by atoms with E-state index in [1.54, 1.807) is 12.1 Å². The van der Waals surface area contributed by atoms with E-state index in [0.29, 0.717) is 5.69 Å². The molecule has 0 fully saturated rings. The lowest BCUT2D eigenvalue weighted by molar-refractivity contribution is -0.115. The maximum absolute atomic E-state index is 13.0. The summed E-state index contributed by atoms with van der Waals surface area (Å²) in [7, 11) is -4.22. The van der Waals surface area contributed by atoms with Gasteiger partial charge >= 0.3 is 0 Å². The van der Waals surface area contributed by atoms with E-state index < -0.39 is 32.7 Å². The molecule has 1 unspecified atom stereocenters. The molecule has 0 saturated carbocycles. The quantitative estimate of drug-likeness (QED) is 0.594. The number of Topliss-reactive ketones (excluding diaryl/α,β-unsaturated/α-hetero) is 1. The summed E-state index contributed by atoms with van der Waals surface area (Å²) in [4.78, 5) is 38.2. The summed E-state index contributed by atoms with van der Waals surface area (Å²) in [5.74, 6) is -2.19. The van der Waals surface area contributed by atoms with E-state index in [4.69, 9.17) is 0 Å². The molecule has 0 saturated heterocycles. The fourth-order valence-corrected chi connectivity index (χ4v) is 5.13. The van der Waals surface area contributed by atoms with Gasteiger partial charge < -0.3 is 10.6 Å². The Labute approximate surface area is 185 Å². The Morgan fingerprint density at radius 1 is 0.938 bits per heavy atom. The highest BCUT2D eigenvalue weighted by Gasteiger charge is 2.44. The highest BCUT2D eigenvalue weighted by Crippen LogP contribution is 2.30. The van der Waals surface area contributed by atoms with Gasteiger partial charge in [0.1, 0.15) is 0 Å². The number of amides is 2. The molecule has 0 spiro atoms. The van der Waals surface area contributed by atoms with Gasteiger partial charge in [-0.2, -0.15) is 0 Å². The van der Waals surface area contributed by atoms with Crippen LogP contribution in [0.5, 0.6) is 0 Å². The molecule has 7 nitrogen and oxygen atoms in total. The third kappa shape index (κ3) is 3.69. The first kappa shape index (κ1) is 21.5. The van der Waals surface area contributed by atoms with Crippen LogP contribution in [0.15, 0.2) is 71.6 Å². The van der Waals surface area contributed by atoms with Gasteiger partial charge in [-0.1, -0.05) is 30.3 Å². The molecule has 32 heavy (non-hydrogen) atoms. The molecular formula is C24H20N2O5S. The number of carbonyl (C=O) groups excluding carboxylic acids is 3. The SMILES string of the molecule is Cc1cccc(NC(=O)c2ccc3c(c2)NC(=O)C(S(=O)(=O)c2ccccc2)C3=O)c1C. The van der Waals surface area contributed by atoms with Crippen molar-refractivity contribution in [2.24, 2.45) is 0 Å². The number of sulfone groups is 1. The molecule has 3 aromatic carbocycles. The third-order valence-electron chi connectivity index (χ3n) is 5.52. The van der Waals surface area contributed by atoms with Crippen LogP contribution in [0.2, 0.25) is 0 Å². The van der Waals surface area contributed by atoms with Crippen molar-refractivity contribution in [2.45, 2.75) is 24.0 Å². The molecule has 4 rings (SSSR count). The van der Waals surface area contributed by atoms with Gasteiger partial charge in [-0.15, -0.1) is 0 Å². The van der Waals surface area contributed by atoms with Gasteiger partial charge in [0.2, 0.25) is 5.25 Å². The molecule has 0 bridgehead atoms. The molecule has 162 valence electrons. The first-order valence-corrected chi connectivity index (χ1v) is 11.4. The zero-order chi connectivity index (χ0) is 23.0. The number of fused-ring (bicyclic) bond motifs is 1. The molecule has 1 aliphatic rings. The summed E-state index contributed by atoms with van der Waals surface area (Å²) in [5.41, 5.74) is 2.97. The molecule has 0 radical (unpaired) electrons. The smallest absolute Gasteiger partial charge is 0.255 e. The summed E-state index contributed by atoms with van der Waals surface area (Å²) in [6, 6.07) is 17.1. The van der Waals surface area contributed by atoms with Crippen molar-refractivity contribution in [3.63, 3.8) is 0 Å². The van der Waals surface area contributed by atoms with Gasteiger partial charge in [-0.3, -0.25) is 14.4 Å². The van der Waals surface area contributed by atoms with Crippen molar-refractivity contribution in [3.05, 3.63) is 89.0 Å². The largest absolute Gasteiger partial charge is 0.324 e. The Kier molecular flexibility index (Phi) is 5.40. The average Bonchev–Trinajstić information content (AvgIpc) is 2.77. The van der Waals surface area contributed by atoms with Crippen molar-refractivity contribution in [1.29, 1.82) is 0 Å². The fraction of sp³-hybridized carbons (Fsp3) is 0.125. The predicted molar refractivity (Wildman–Crippen MR) is 121 cm³/mol. The van der Waals surface area contributed by atoms with Gasteiger partial charge in [0, 0.05) is 16.8 Å². The summed E-state index contributed by atoms with van der Waals surface area (Å²) < 4.78 is 25.8. The maximum Gasteiger partial charge on any atom is 0.255 e. The Morgan fingerprint density at radius 2 is 1.66 bits per heavy atom. The van der Waals surface area contributed by atoms with E-state index in [-0.39, 0.29) is 21.7 Å². The number of hydrogen-bond donors (Lipinski definition) is 2. The van der Waals surface area contributed by atoms with Crippen molar-refractivity contribution >= 4 is 38.8 Å². The molecule has 1 heterocycles. The van der Waals surface area contributed by atoms with E-state index in [0.717, 1.165) is 11.1 Å². The first-order valence-electron chi connectivity index (χ1n) is 9.86. The minimum absolute atomic E-state index is 0.0393. The summed E-state index contributed by atoms with van der Waals surface area (Å²) in [6.07, 6.45) is 0. The van der Waals surface area contributed by atoms with Crippen LogP contribution in [0, 0.1) is 13.8 Å². The standard InChI is InChI=1S/C24H20N2O5S/c1-14-7-6-10-19(15(14)2)25-23(28)16-11-12-18-20(13-16)26-24(29)22(21(18)27)32(30,31)17-8-4-3-5-9-17/h3-13,22H,1-2H3,(H,25,28)(H,26,29). The van der Waals surface area contributed by atoms with Crippen LogP contribution in [-0.2, 0) is 14.6 Å². The Hall–Kier alpha value is -3.78. The van der Waals surface area contributed by atoms with E-state index in [9.17, 15) is 22.8 Å². The normalized spacial score (nSPS) is 15.6. The summed E-state index contributed by atoms with van der Waals surface area (Å²) in [5, 5.41) is 3.41. The lowest BCUT2D eigenvalue weighted by Crippen LogP contribution is -2.45. The second-order valence-electron chi connectivity index (χ2n) is 7.55. The van der Waals surface area contributed by atoms with Crippen LogP contribution in [0.25, 0.3) is 0 Å². The third-order valence-corrected chi connectivity index (χ3v) is 7.49. The van der Waals surface area contributed by atoms with Crippen molar-refractivity contribution in [1.82, 2.24) is 0 Å². The van der Waals surface area contributed by atoms with Gasteiger partial charge in [0.15, 0.2) is 15.6 Å². The number of hydrogen-bond acceptors (Lipinski definition) is 5. The molecule has 3 aromatic rings. The number of carbonyl (C=O) groups is 3. The van der Waals surface area contributed by atoms with Crippen LogP contribution in [0.3, 0.4) is 0 Å². The van der Waals surface area contributed by atoms with Gasteiger partial charge in [-0.25, -0.2) is 8.42 Å². The Morgan fingerprint density at radius 3 is 2.38 bits per heavy atom. The topological polar surface area (TPSA) is 109 Å². The molecule has 2 N–H and O–H groups in total. The second kappa shape index (κ2) is 8.05. The van der Waals surface area contributed by atoms with Crippen LogP contribution in [0.4, 0.5) is 11.4 Å². The number of anilines is 2. The fourth-order valence-electron chi connectivity index (χ4n) is 3.57. The zero-order valence-electron chi connectivity index (χ0n) is 17.4. The molecule has 0 aromatic heterocycles. The van der Waals surface area contributed by atoms with Gasteiger partial charge in [0.25, 0.3) is 11.8 Å². The number of rotatable bonds is 4. The maximum atomic E-state index is 13.0. The first-order chi connectivity index (χ1) is 15.2. The van der Waals surface area contributed by atoms with E-state index >= 15 is 0 Å². The Balaban J connectivity index is 1.64. The highest BCUT2D eigenvalue weighted by atomic mass is 32.2. The van der Waals surface area contributed by atoms with Crippen LogP contribution >= 0.6 is 0 Å². The Bertz CT molecular complexity index is 1360. The summed E-state index contributed by atoms with van der Waals surface area (Å²) >= 11 is 0. The van der Waals surface area contributed by atoms with Crippen molar-refractivity contribution in [3.8, 4) is 0 Å². The predicted octanol–water partition coefficient (Wildman–Crippen LogP) is 3.53. The number of nitrogens with one attached hydrogen (secondary N) is 2. The molecule has 0 aliphatic carbocycles. The number of benzene rings is 3. The number of ketones is 1. The molecule has 1 aliphatic heterocycles. The van der Waals surface area contributed by atoms with Crippen LogP contribution in [-0.4, -0.2) is 31.3 Å². The molecule has 1 atom stereocenters. The number of aryl methyl sites for hydroxylation is 1. The minimum atomic E-state index is -4.22. The molecule has 8 heteroatoms. The average molecular weight is 449 g/mol. The lowest BCUT2D eigenvalue weighted by atomic mass is 9.99. The van der Waals surface area contributed by atoms with Crippen molar-refractivity contribution < 1.29 is 22.8 Å². The summed E-state index contributed by atoms with van der Waals surface area (Å²) in [6.45, 7) is 3.83. The molecule has 2 amide bonds. The van der Waals surface area contributed by atoms with E-state index in [1.807, 2.05) is 26.0 Å². The minimum Gasteiger partial charge on any atom is -0.324 e. The highest BCUT2D eigenvalue weighted by molar-refractivity contribution is 7.93. The van der Waals surface area contributed by atoms with E-state index in [1.165, 1.54) is 42.5 Å². The zero-order valence-corrected chi connectivity index (χ0v) is 18.2.